The minimum absolute atomic E-state index is 0.322. The summed E-state index contributed by atoms with van der Waals surface area (Å²) < 4.78 is 37.5. The molecule has 0 nitrogen and oxygen atoms in total. The molecule has 0 aliphatic rings. The molecule has 0 N–H and O–H groups in total. The molecule has 0 saturated carbocycles. The summed E-state index contributed by atoms with van der Waals surface area (Å²) >= 11 is 6.12. The fraction of sp³-hybridized carbons (Fsp3) is 0.500. The summed E-state index contributed by atoms with van der Waals surface area (Å²) in [5.74, 6) is 0. The van der Waals surface area contributed by atoms with Crippen molar-refractivity contribution in [3.05, 3.63) is 35.4 Å². The molecule has 0 bridgehead atoms. The summed E-state index contributed by atoms with van der Waals surface area (Å²) in [6.07, 6.45) is -3.55. The highest BCUT2D eigenvalue weighted by atomic mass is 35.5. The van der Waals surface area contributed by atoms with Crippen molar-refractivity contribution in [2.75, 3.05) is 0 Å². The summed E-state index contributed by atoms with van der Waals surface area (Å²) in [7, 11) is -0.381. The predicted octanol–water partition coefficient (Wildman–Crippen LogP) is 5.13. The molecule has 1 aromatic rings. The van der Waals surface area contributed by atoms with E-state index in [0.717, 1.165) is 24.6 Å². The number of halogens is 4. The van der Waals surface area contributed by atoms with E-state index in [0.29, 0.717) is 5.56 Å². The third-order valence-corrected chi connectivity index (χ3v) is 4.23. The molecule has 1 aromatic carbocycles. The number of rotatable bonds is 4. The van der Waals surface area contributed by atoms with Gasteiger partial charge in [-0.3, -0.25) is 0 Å². The third-order valence-electron chi connectivity index (χ3n) is 2.47. The van der Waals surface area contributed by atoms with Gasteiger partial charge in [0.25, 0.3) is 0 Å². The highest BCUT2D eigenvalue weighted by molar-refractivity contribution is 6.55. The predicted molar refractivity (Wildman–Crippen MR) is 66.9 cm³/mol. The Kier molecular flexibility index (Phi) is 5.07. The van der Waals surface area contributed by atoms with Crippen molar-refractivity contribution in [1.29, 1.82) is 0 Å². The van der Waals surface area contributed by atoms with Gasteiger partial charge in [-0.15, -0.1) is 11.6 Å². The number of benzene rings is 1. The normalized spacial score (nSPS) is 14.1. The molecule has 0 fully saturated rings. The van der Waals surface area contributed by atoms with Crippen molar-refractivity contribution in [3.8, 4) is 0 Å². The maximum atomic E-state index is 12.5. The van der Waals surface area contributed by atoms with Crippen LogP contribution in [-0.2, 0) is 6.18 Å². The molecule has 1 radical (unpaired) electrons. The molecule has 0 saturated heterocycles. The molecule has 17 heavy (non-hydrogen) atoms. The molecular formula is C12H15ClF3Si. The largest absolute Gasteiger partial charge is 0.416 e. The first-order valence-corrected chi connectivity index (χ1v) is 8.55. The van der Waals surface area contributed by atoms with Gasteiger partial charge in [-0.25, -0.2) is 0 Å². The SMILES string of the molecule is C[Si](C)CCC(Cl)c1cccc(C(F)(F)F)c1. The van der Waals surface area contributed by atoms with Gasteiger partial charge >= 0.3 is 6.18 Å². The van der Waals surface area contributed by atoms with E-state index >= 15 is 0 Å². The van der Waals surface area contributed by atoms with Crippen LogP contribution in [0.15, 0.2) is 24.3 Å². The topological polar surface area (TPSA) is 0 Å². The van der Waals surface area contributed by atoms with E-state index in [1.54, 1.807) is 6.07 Å². The number of alkyl halides is 4. The number of hydrogen-bond acceptors (Lipinski definition) is 0. The molecule has 0 aliphatic carbocycles. The van der Waals surface area contributed by atoms with E-state index in [9.17, 15) is 13.2 Å². The third kappa shape index (κ3) is 4.72. The Morgan fingerprint density at radius 1 is 1.29 bits per heavy atom. The fourth-order valence-electron chi connectivity index (χ4n) is 1.49. The van der Waals surface area contributed by atoms with Crippen molar-refractivity contribution in [3.63, 3.8) is 0 Å². The maximum absolute atomic E-state index is 12.5. The van der Waals surface area contributed by atoms with Crippen LogP contribution in [0.1, 0.15) is 22.9 Å². The van der Waals surface area contributed by atoms with Crippen LogP contribution in [0, 0.1) is 0 Å². The molecule has 5 heteroatoms. The van der Waals surface area contributed by atoms with E-state index < -0.39 is 11.7 Å². The van der Waals surface area contributed by atoms with Gasteiger partial charge in [-0.1, -0.05) is 37.3 Å². The van der Waals surface area contributed by atoms with Crippen LogP contribution < -0.4 is 0 Å². The monoisotopic (exact) mass is 279 g/mol. The van der Waals surface area contributed by atoms with Gasteiger partial charge in [0, 0.05) is 8.80 Å². The Morgan fingerprint density at radius 3 is 2.47 bits per heavy atom. The van der Waals surface area contributed by atoms with E-state index in [1.165, 1.54) is 6.07 Å². The Morgan fingerprint density at radius 2 is 1.94 bits per heavy atom. The van der Waals surface area contributed by atoms with Gasteiger partial charge in [0.2, 0.25) is 0 Å². The van der Waals surface area contributed by atoms with Crippen molar-refractivity contribution in [2.24, 2.45) is 0 Å². The van der Waals surface area contributed by atoms with Gasteiger partial charge < -0.3 is 0 Å². The Bertz CT molecular complexity index is 363. The zero-order chi connectivity index (χ0) is 13.1. The average molecular weight is 280 g/mol. The highest BCUT2D eigenvalue weighted by Crippen LogP contribution is 2.33. The van der Waals surface area contributed by atoms with Crippen molar-refractivity contribution in [1.82, 2.24) is 0 Å². The second kappa shape index (κ2) is 5.91. The molecular weight excluding hydrogens is 265 g/mol. The van der Waals surface area contributed by atoms with Crippen molar-refractivity contribution >= 4 is 20.4 Å². The van der Waals surface area contributed by atoms with E-state index in [2.05, 4.69) is 13.1 Å². The summed E-state index contributed by atoms with van der Waals surface area (Å²) in [6.45, 7) is 4.33. The molecule has 0 heterocycles. The van der Waals surface area contributed by atoms with Crippen molar-refractivity contribution in [2.45, 2.75) is 37.1 Å². The molecule has 0 amide bonds. The first-order valence-electron chi connectivity index (χ1n) is 5.41. The van der Waals surface area contributed by atoms with Gasteiger partial charge in [-0.05, 0) is 18.1 Å². The van der Waals surface area contributed by atoms with E-state index in [1.807, 2.05) is 0 Å². The second-order valence-corrected chi connectivity index (χ2v) is 7.78. The maximum Gasteiger partial charge on any atom is 0.416 e. The van der Waals surface area contributed by atoms with Gasteiger partial charge in [0.1, 0.15) is 0 Å². The quantitative estimate of drug-likeness (QED) is 0.529. The standard InChI is InChI=1S/C12H15ClF3Si/c1-17(2)7-6-11(13)9-4-3-5-10(8-9)12(14,15)16/h3-5,8,11H,6-7H2,1-2H3. The van der Waals surface area contributed by atoms with Crippen LogP contribution in [0.2, 0.25) is 19.1 Å². The van der Waals surface area contributed by atoms with Crippen LogP contribution in [0.4, 0.5) is 13.2 Å². The molecule has 0 aliphatic heterocycles. The van der Waals surface area contributed by atoms with Crippen LogP contribution in [0.5, 0.6) is 0 Å². The average Bonchev–Trinajstić information content (AvgIpc) is 2.25. The lowest BCUT2D eigenvalue weighted by Crippen LogP contribution is -2.06. The highest BCUT2D eigenvalue weighted by Gasteiger charge is 2.30. The Balaban J connectivity index is 2.77. The summed E-state index contributed by atoms with van der Waals surface area (Å²) in [5, 5.41) is -0.322. The molecule has 1 rings (SSSR count). The van der Waals surface area contributed by atoms with Gasteiger partial charge in [0.05, 0.1) is 10.9 Å². The molecule has 1 atom stereocenters. The second-order valence-electron chi connectivity index (χ2n) is 4.34. The van der Waals surface area contributed by atoms with Crippen molar-refractivity contribution < 1.29 is 13.2 Å². The first kappa shape index (κ1) is 14.6. The summed E-state index contributed by atoms with van der Waals surface area (Å²) in [4.78, 5) is 0. The van der Waals surface area contributed by atoms with Gasteiger partial charge in [-0.2, -0.15) is 13.2 Å². The Hall–Kier alpha value is -0.483. The summed E-state index contributed by atoms with van der Waals surface area (Å²) in [6, 6.07) is 6.30. The molecule has 95 valence electrons. The lowest BCUT2D eigenvalue weighted by molar-refractivity contribution is -0.137. The van der Waals surface area contributed by atoms with E-state index in [-0.39, 0.29) is 14.2 Å². The number of hydrogen-bond donors (Lipinski definition) is 0. The van der Waals surface area contributed by atoms with Crippen LogP contribution >= 0.6 is 11.6 Å². The van der Waals surface area contributed by atoms with Crippen LogP contribution in [0.3, 0.4) is 0 Å². The van der Waals surface area contributed by atoms with Crippen LogP contribution in [-0.4, -0.2) is 8.80 Å². The smallest absolute Gasteiger partial charge is 0.166 e. The van der Waals surface area contributed by atoms with Gasteiger partial charge in [0.15, 0.2) is 0 Å². The molecule has 0 aromatic heterocycles. The minimum atomic E-state index is -4.29. The first-order chi connectivity index (χ1) is 7.80. The van der Waals surface area contributed by atoms with E-state index in [4.69, 9.17) is 11.6 Å². The molecule has 0 spiro atoms. The van der Waals surface area contributed by atoms with Crippen LogP contribution in [0.25, 0.3) is 0 Å². The minimum Gasteiger partial charge on any atom is -0.166 e. The molecule has 1 unspecified atom stereocenters. The lowest BCUT2D eigenvalue weighted by atomic mass is 10.1. The zero-order valence-corrected chi connectivity index (χ0v) is 11.6. The zero-order valence-electron chi connectivity index (χ0n) is 9.81. The Labute approximate surface area is 106 Å². The summed E-state index contributed by atoms with van der Waals surface area (Å²) in [5.41, 5.74) is -0.0658. The lowest BCUT2D eigenvalue weighted by Gasteiger charge is -2.13. The fourth-order valence-corrected chi connectivity index (χ4v) is 2.79.